The van der Waals surface area contributed by atoms with Gasteiger partial charge in [-0.05, 0) is 37.9 Å². The molecule has 0 atom stereocenters. The minimum Gasteiger partial charge on any atom is -0.459 e. The molecule has 0 radical (unpaired) electrons. The van der Waals surface area contributed by atoms with Crippen LogP contribution in [0, 0.1) is 0 Å². The van der Waals surface area contributed by atoms with Crippen molar-refractivity contribution in [3.05, 3.63) is 36.1 Å². The van der Waals surface area contributed by atoms with Crippen LogP contribution in [0.5, 0.6) is 0 Å². The van der Waals surface area contributed by atoms with Crippen molar-refractivity contribution < 1.29 is 8.94 Å². The second-order valence-electron chi connectivity index (χ2n) is 4.65. The van der Waals surface area contributed by atoms with Crippen molar-refractivity contribution in [3.63, 3.8) is 0 Å². The second kappa shape index (κ2) is 6.31. The molecule has 21 heavy (non-hydrogen) atoms. The number of aromatic nitrogens is 5. The van der Waals surface area contributed by atoms with E-state index in [0.29, 0.717) is 30.6 Å². The summed E-state index contributed by atoms with van der Waals surface area (Å²) in [6.45, 7) is 1.11. The van der Waals surface area contributed by atoms with Crippen molar-refractivity contribution in [3.8, 4) is 11.7 Å². The number of nitrogens with zero attached hydrogens (tertiary/aromatic N) is 5. The highest BCUT2D eigenvalue weighted by molar-refractivity contribution is 5.42. The van der Waals surface area contributed by atoms with Gasteiger partial charge in [-0.1, -0.05) is 10.4 Å². The van der Waals surface area contributed by atoms with Gasteiger partial charge in [-0.2, -0.15) is 4.98 Å². The van der Waals surface area contributed by atoms with Crippen LogP contribution in [0.2, 0.25) is 0 Å². The topological polar surface area (TPSA) is 109 Å². The van der Waals surface area contributed by atoms with E-state index < -0.39 is 0 Å². The van der Waals surface area contributed by atoms with E-state index in [1.807, 2.05) is 6.20 Å². The van der Waals surface area contributed by atoms with E-state index in [0.717, 1.165) is 25.0 Å². The SMILES string of the molecule is NCCCCc1cn(Cc2noc(-c3ccco3)n2)nn1. The molecule has 0 bridgehead atoms. The summed E-state index contributed by atoms with van der Waals surface area (Å²) in [5.74, 6) is 1.44. The van der Waals surface area contributed by atoms with Gasteiger partial charge >= 0.3 is 0 Å². The van der Waals surface area contributed by atoms with Crippen LogP contribution in [-0.2, 0) is 13.0 Å². The zero-order chi connectivity index (χ0) is 14.5. The van der Waals surface area contributed by atoms with Gasteiger partial charge in [0.05, 0.1) is 12.0 Å². The lowest BCUT2D eigenvalue weighted by Gasteiger charge is -1.94. The lowest BCUT2D eigenvalue weighted by atomic mass is 10.2. The average molecular weight is 288 g/mol. The van der Waals surface area contributed by atoms with Crippen molar-refractivity contribution in [1.29, 1.82) is 0 Å². The Morgan fingerprint density at radius 3 is 3.05 bits per heavy atom. The lowest BCUT2D eigenvalue weighted by molar-refractivity contribution is 0.406. The van der Waals surface area contributed by atoms with Crippen LogP contribution in [0.25, 0.3) is 11.7 Å². The summed E-state index contributed by atoms with van der Waals surface area (Å²) >= 11 is 0. The van der Waals surface area contributed by atoms with Gasteiger partial charge in [0.1, 0.15) is 6.54 Å². The first-order valence-corrected chi connectivity index (χ1v) is 6.80. The molecule has 3 rings (SSSR count). The maximum Gasteiger partial charge on any atom is 0.293 e. The van der Waals surface area contributed by atoms with Crippen LogP contribution in [-0.4, -0.2) is 31.7 Å². The molecule has 8 heteroatoms. The molecular formula is C13H16N6O2. The first kappa shape index (κ1) is 13.5. The number of nitrogens with two attached hydrogens (primary N) is 1. The van der Waals surface area contributed by atoms with Gasteiger partial charge in [0, 0.05) is 6.20 Å². The molecule has 0 aliphatic heterocycles. The third-order valence-corrected chi connectivity index (χ3v) is 2.98. The first-order chi connectivity index (χ1) is 10.3. The fraction of sp³-hybridized carbons (Fsp3) is 0.385. The normalized spacial score (nSPS) is 11.1. The Hall–Kier alpha value is -2.48. The van der Waals surface area contributed by atoms with Gasteiger partial charge in [-0.15, -0.1) is 5.10 Å². The molecule has 0 saturated heterocycles. The van der Waals surface area contributed by atoms with Crippen molar-refractivity contribution in [2.75, 3.05) is 6.54 Å². The van der Waals surface area contributed by atoms with Crippen molar-refractivity contribution in [2.24, 2.45) is 5.73 Å². The highest BCUT2D eigenvalue weighted by Crippen LogP contribution is 2.17. The van der Waals surface area contributed by atoms with Crippen molar-refractivity contribution >= 4 is 0 Å². The quantitative estimate of drug-likeness (QED) is 0.651. The number of hydrogen-bond donors (Lipinski definition) is 1. The molecule has 3 heterocycles. The van der Waals surface area contributed by atoms with Gasteiger partial charge in [0.15, 0.2) is 11.6 Å². The molecule has 0 aromatic carbocycles. The fourth-order valence-corrected chi connectivity index (χ4v) is 1.94. The molecule has 0 saturated carbocycles. The highest BCUT2D eigenvalue weighted by atomic mass is 16.5. The van der Waals surface area contributed by atoms with E-state index >= 15 is 0 Å². The van der Waals surface area contributed by atoms with Gasteiger partial charge in [0.2, 0.25) is 0 Å². The molecule has 0 aliphatic carbocycles. The van der Waals surface area contributed by atoms with E-state index in [4.69, 9.17) is 14.7 Å². The van der Waals surface area contributed by atoms with E-state index in [1.165, 1.54) is 0 Å². The molecule has 0 amide bonds. The first-order valence-electron chi connectivity index (χ1n) is 6.80. The van der Waals surface area contributed by atoms with Crippen LogP contribution in [0.15, 0.2) is 33.5 Å². The number of furan rings is 1. The summed E-state index contributed by atoms with van der Waals surface area (Å²) in [5, 5.41) is 12.1. The molecule has 8 nitrogen and oxygen atoms in total. The number of unbranched alkanes of at least 4 members (excludes halogenated alkanes) is 1. The molecule has 0 aliphatic rings. The maximum absolute atomic E-state index is 5.47. The summed E-state index contributed by atoms with van der Waals surface area (Å²) in [5.41, 5.74) is 6.41. The Bertz CT molecular complexity index is 672. The third kappa shape index (κ3) is 3.34. The number of rotatable bonds is 7. The molecule has 0 unspecified atom stereocenters. The van der Waals surface area contributed by atoms with Crippen LogP contribution < -0.4 is 5.73 Å². The predicted molar refractivity (Wildman–Crippen MR) is 73.1 cm³/mol. The summed E-state index contributed by atoms with van der Waals surface area (Å²) in [6.07, 6.45) is 6.33. The summed E-state index contributed by atoms with van der Waals surface area (Å²) < 4.78 is 12.0. The Balaban J connectivity index is 1.61. The second-order valence-corrected chi connectivity index (χ2v) is 4.65. The summed E-state index contributed by atoms with van der Waals surface area (Å²) in [6, 6.07) is 3.53. The van der Waals surface area contributed by atoms with Crippen LogP contribution >= 0.6 is 0 Å². The minimum atomic E-state index is 0.360. The molecule has 110 valence electrons. The van der Waals surface area contributed by atoms with Gasteiger partial charge < -0.3 is 14.7 Å². The van der Waals surface area contributed by atoms with Gasteiger partial charge in [0.25, 0.3) is 5.89 Å². The van der Waals surface area contributed by atoms with E-state index in [1.54, 1.807) is 23.1 Å². The van der Waals surface area contributed by atoms with Crippen LogP contribution in [0.4, 0.5) is 0 Å². The van der Waals surface area contributed by atoms with Gasteiger partial charge in [-0.3, -0.25) is 0 Å². The van der Waals surface area contributed by atoms with Gasteiger partial charge in [-0.25, -0.2) is 4.68 Å². The third-order valence-electron chi connectivity index (χ3n) is 2.98. The Kier molecular flexibility index (Phi) is 4.06. The Morgan fingerprint density at radius 2 is 2.24 bits per heavy atom. The van der Waals surface area contributed by atoms with Crippen LogP contribution in [0.3, 0.4) is 0 Å². The summed E-state index contributed by atoms with van der Waals surface area (Å²) in [7, 11) is 0. The minimum absolute atomic E-state index is 0.360. The monoisotopic (exact) mass is 288 g/mol. The largest absolute Gasteiger partial charge is 0.459 e. The fourth-order valence-electron chi connectivity index (χ4n) is 1.94. The number of aryl methyl sites for hydroxylation is 1. The average Bonchev–Trinajstić information content (AvgIpc) is 3.20. The summed E-state index contributed by atoms with van der Waals surface area (Å²) in [4.78, 5) is 4.26. The molecule has 0 fully saturated rings. The van der Waals surface area contributed by atoms with E-state index in [9.17, 15) is 0 Å². The zero-order valence-electron chi connectivity index (χ0n) is 11.5. The molecule has 2 N–H and O–H groups in total. The molecule has 3 aromatic heterocycles. The standard InChI is InChI=1S/C13H16N6O2/c14-6-2-1-4-10-8-19(18-16-10)9-12-15-13(21-17-12)11-5-3-7-20-11/h3,5,7-8H,1-2,4,6,9,14H2. The van der Waals surface area contributed by atoms with Crippen molar-refractivity contribution in [2.45, 2.75) is 25.8 Å². The molecule has 3 aromatic rings. The van der Waals surface area contributed by atoms with Crippen molar-refractivity contribution in [1.82, 2.24) is 25.1 Å². The lowest BCUT2D eigenvalue weighted by Crippen LogP contribution is -2.02. The van der Waals surface area contributed by atoms with Crippen LogP contribution in [0.1, 0.15) is 24.4 Å². The smallest absolute Gasteiger partial charge is 0.293 e. The Morgan fingerprint density at radius 1 is 1.29 bits per heavy atom. The zero-order valence-corrected chi connectivity index (χ0v) is 11.5. The molecular weight excluding hydrogens is 272 g/mol. The van der Waals surface area contributed by atoms with E-state index in [2.05, 4.69) is 20.5 Å². The Labute approximate surface area is 120 Å². The highest BCUT2D eigenvalue weighted by Gasteiger charge is 2.12. The van der Waals surface area contributed by atoms with E-state index in [-0.39, 0.29) is 0 Å². The maximum atomic E-state index is 5.47. The predicted octanol–water partition coefficient (Wildman–Crippen LogP) is 1.25. The number of hydrogen-bond acceptors (Lipinski definition) is 7. The molecule has 0 spiro atoms.